The van der Waals surface area contributed by atoms with E-state index >= 15 is 0 Å². The molecule has 0 spiro atoms. The Kier molecular flexibility index (Phi) is 5.01. The third-order valence-electron chi connectivity index (χ3n) is 4.64. The molecular weight excluding hydrogens is 344 g/mol. The molecule has 3 rings (SSSR count). The van der Waals surface area contributed by atoms with Crippen molar-refractivity contribution in [2.75, 3.05) is 16.4 Å². The summed E-state index contributed by atoms with van der Waals surface area (Å²) < 4.78 is 24.0. The fraction of sp³-hybridized carbons (Fsp3) is 0.529. The SMILES string of the molecule is CCC(CC)C(=O)N=C1S[C@@H]2CS(=O)(=O)C[C@H]2N1c1ccccc1. The van der Waals surface area contributed by atoms with Gasteiger partial charge in [-0.15, -0.1) is 0 Å². The van der Waals surface area contributed by atoms with E-state index in [2.05, 4.69) is 4.99 Å². The minimum Gasteiger partial charge on any atom is -0.316 e. The molecule has 0 aromatic heterocycles. The molecule has 1 aromatic rings. The van der Waals surface area contributed by atoms with E-state index in [4.69, 9.17) is 0 Å². The van der Waals surface area contributed by atoms with Crippen LogP contribution < -0.4 is 4.90 Å². The molecule has 24 heavy (non-hydrogen) atoms. The number of amidine groups is 1. The number of benzene rings is 1. The molecule has 130 valence electrons. The van der Waals surface area contributed by atoms with Crippen LogP contribution in [0.4, 0.5) is 5.69 Å². The van der Waals surface area contributed by atoms with Crippen LogP contribution in [0, 0.1) is 5.92 Å². The Morgan fingerprint density at radius 3 is 2.54 bits per heavy atom. The molecule has 2 saturated heterocycles. The fourth-order valence-corrected chi connectivity index (χ4v) is 7.20. The van der Waals surface area contributed by atoms with Crippen LogP contribution in [0.5, 0.6) is 0 Å². The number of aliphatic imine (C=N–C) groups is 1. The predicted octanol–water partition coefficient (Wildman–Crippen LogP) is 2.72. The predicted molar refractivity (Wildman–Crippen MR) is 99.3 cm³/mol. The summed E-state index contributed by atoms with van der Waals surface area (Å²) in [5.41, 5.74) is 0.894. The maximum absolute atomic E-state index is 12.4. The van der Waals surface area contributed by atoms with Crippen molar-refractivity contribution in [2.45, 2.75) is 38.0 Å². The molecule has 2 aliphatic rings. The van der Waals surface area contributed by atoms with Crippen molar-refractivity contribution >= 4 is 38.4 Å². The summed E-state index contributed by atoms with van der Waals surface area (Å²) in [6, 6.07) is 9.47. The molecule has 0 saturated carbocycles. The number of para-hydroxylation sites is 1. The molecule has 7 heteroatoms. The molecule has 0 radical (unpaired) electrons. The van der Waals surface area contributed by atoms with E-state index in [0.29, 0.717) is 5.17 Å². The molecule has 0 N–H and O–H groups in total. The molecule has 0 bridgehead atoms. The number of carbonyl (C=O) groups is 1. The van der Waals surface area contributed by atoms with Gasteiger partial charge in [-0.1, -0.05) is 43.8 Å². The van der Waals surface area contributed by atoms with Crippen molar-refractivity contribution in [1.82, 2.24) is 0 Å². The number of carbonyl (C=O) groups excluding carboxylic acids is 1. The zero-order chi connectivity index (χ0) is 17.3. The van der Waals surface area contributed by atoms with Crippen LogP contribution in [0.1, 0.15) is 26.7 Å². The van der Waals surface area contributed by atoms with Crippen molar-refractivity contribution in [3.8, 4) is 0 Å². The largest absolute Gasteiger partial charge is 0.316 e. The lowest BCUT2D eigenvalue weighted by Crippen LogP contribution is -2.37. The summed E-state index contributed by atoms with van der Waals surface area (Å²) in [7, 11) is -3.03. The normalized spacial score (nSPS) is 27.0. The number of fused-ring (bicyclic) bond motifs is 1. The monoisotopic (exact) mass is 366 g/mol. The Balaban J connectivity index is 1.96. The van der Waals surface area contributed by atoms with Crippen LogP contribution in [0.15, 0.2) is 35.3 Å². The Morgan fingerprint density at radius 2 is 1.92 bits per heavy atom. The summed E-state index contributed by atoms with van der Waals surface area (Å²) in [6.45, 7) is 3.98. The zero-order valence-electron chi connectivity index (χ0n) is 13.9. The lowest BCUT2D eigenvalue weighted by atomic mass is 10.0. The van der Waals surface area contributed by atoms with Gasteiger partial charge in [0, 0.05) is 16.9 Å². The van der Waals surface area contributed by atoms with Gasteiger partial charge in [0.2, 0.25) is 0 Å². The summed E-state index contributed by atoms with van der Waals surface area (Å²) in [5, 5.41) is 0.589. The Morgan fingerprint density at radius 1 is 1.25 bits per heavy atom. The average molecular weight is 367 g/mol. The molecule has 2 heterocycles. The number of nitrogens with zero attached hydrogens (tertiary/aromatic N) is 2. The minimum absolute atomic E-state index is 0.0524. The molecule has 2 aliphatic heterocycles. The Labute approximate surface area is 147 Å². The summed E-state index contributed by atoms with van der Waals surface area (Å²) >= 11 is 1.43. The van der Waals surface area contributed by atoms with E-state index < -0.39 is 9.84 Å². The summed E-state index contributed by atoms with van der Waals surface area (Å²) in [5.74, 6) is 0.105. The lowest BCUT2D eigenvalue weighted by molar-refractivity contribution is -0.121. The molecule has 1 amide bonds. The van der Waals surface area contributed by atoms with E-state index in [0.717, 1.165) is 18.5 Å². The van der Waals surface area contributed by atoms with Gasteiger partial charge in [-0.05, 0) is 25.0 Å². The van der Waals surface area contributed by atoms with Gasteiger partial charge in [0.05, 0.1) is 17.5 Å². The first-order chi connectivity index (χ1) is 11.4. The van der Waals surface area contributed by atoms with E-state index in [-0.39, 0.29) is 34.6 Å². The summed E-state index contributed by atoms with van der Waals surface area (Å²) in [4.78, 5) is 18.8. The smallest absolute Gasteiger partial charge is 0.251 e. The third-order valence-corrected chi connectivity index (χ3v) is 7.85. The van der Waals surface area contributed by atoms with Crippen LogP contribution in [-0.2, 0) is 14.6 Å². The first-order valence-corrected chi connectivity index (χ1v) is 11.0. The number of hydrogen-bond acceptors (Lipinski definition) is 4. The van der Waals surface area contributed by atoms with Gasteiger partial charge in [-0.2, -0.15) is 4.99 Å². The average Bonchev–Trinajstić information content (AvgIpc) is 3.00. The van der Waals surface area contributed by atoms with Crippen LogP contribution in [0.2, 0.25) is 0 Å². The first-order valence-electron chi connectivity index (χ1n) is 8.29. The second-order valence-corrected chi connectivity index (χ2v) is 9.61. The number of sulfone groups is 1. The number of amides is 1. The van der Waals surface area contributed by atoms with Crippen molar-refractivity contribution in [1.29, 1.82) is 0 Å². The quantitative estimate of drug-likeness (QED) is 0.820. The second-order valence-electron chi connectivity index (χ2n) is 6.25. The van der Waals surface area contributed by atoms with E-state index in [1.54, 1.807) is 0 Å². The first kappa shape index (κ1) is 17.5. The Bertz CT molecular complexity index is 742. The van der Waals surface area contributed by atoms with Crippen molar-refractivity contribution < 1.29 is 13.2 Å². The van der Waals surface area contributed by atoms with Crippen LogP contribution in [-0.4, -0.2) is 42.3 Å². The number of thioether (sulfide) groups is 1. The lowest BCUT2D eigenvalue weighted by Gasteiger charge is -2.24. The number of anilines is 1. The van der Waals surface area contributed by atoms with Gasteiger partial charge in [-0.3, -0.25) is 4.79 Å². The molecule has 0 aliphatic carbocycles. The molecule has 2 fully saturated rings. The fourth-order valence-electron chi connectivity index (χ4n) is 3.28. The molecular formula is C17H22N2O3S2. The van der Waals surface area contributed by atoms with Gasteiger partial charge >= 0.3 is 0 Å². The highest BCUT2D eigenvalue weighted by atomic mass is 32.2. The maximum Gasteiger partial charge on any atom is 0.251 e. The summed E-state index contributed by atoms with van der Waals surface area (Å²) in [6.07, 6.45) is 1.53. The molecule has 2 atom stereocenters. The van der Waals surface area contributed by atoms with Crippen LogP contribution >= 0.6 is 11.8 Å². The zero-order valence-corrected chi connectivity index (χ0v) is 15.5. The minimum atomic E-state index is -3.03. The van der Waals surface area contributed by atoms with Crippen molar-refractivity contribution in [3.05, 3.63) is 30.3 Å². The van der Waals surface area contributed by atoms with Crippen molar-refractivity contribution in [3.63, 3.8) is 0 Å². The standard InChI is InChI=1S/C17H22N2O3S2/c1-3-12(4-2)16(20)18-17-19(13-8-6-5-7-9-13)14-10-24(21,22)11-15(14)23-17/h5-9,12,14-15H,3-4,10-11H2,1-2H3/t14-,15-/m1/s1. The number of hydrogen-bond donors (Lipinski definition) is 0. The van der Waals surface area contributed by atoms with Gasteiger partial charge in [-0.25, -0.2) is 8.42 Å². The maximum atomic E-state index is 12.4. The highest BCUT2D eigenvalue weighted by Crippen LogP contribution is 2.41. The Hall–Kier alpha value is -1.34. The highest BCUT2D eigenvalue weighted by Gasteiger charge is 2.49. The van der Waals surface area contributed by atoms with E-state index in [1.807, 2.05) is 49.1 Å². The van der Waals surface area contributed by atoms with Crippen molar-refractivity contribution in [2.24, 2.45) is 10.9 Å². The van der Waals surface area contributed by atoms with Gasteiger partial charge in [0.1, 0.15) is 0 Å². The number of rotatable bonds is 4. The second kappa shape index (κ2) is 6.88. The molecule has 5 nitrogen and oxygen atoms in total. The molecule has 1 aromatic carbocycles. The highest BCUT2D eigenvalue weighted by molar-refractivity contribution is 8.16. The van der Waals surface area contributed by atoms with Gasteiger partial charge in [0.15, 0.2) is 15.0 Å². The molecule has 0 unspecified atom stereocenters. The van der Waals surface area contributed by atoms with Crippen LogP contribution in [0.3, 0.4) is 0 Å². The van der Waals surface area contributed by atoms with Gasteiger partial charge in [0.25, 0.3) is 5.91 Å². The van der Waals surface area contributed by atoms with Crippen LogP contribution in [0.25, 0.3) is 0 Å². The topological polar surface area (TPSA) is 66.8 Å². The third kappa shape index (κ3) is 3.37. The van der Waals surface area contributed by atoms with Gasteiger partial charge < -0.3 is 4.90 Å². The van der Waals surface area contributed by atoms with E-state index in [1.165, 1.54) is 11.8 Å². The van der Waals surface area contributed by atoms with E-state index in [9.17, 15) is 13.2 Å².